The quantitative estimate of drug-likeness (QED) is 0.708. The molecule has 0 bridgehead atoms. The van der Waals surface area contributed by atoms with Crippen molar-refractivity contribution in [3.8, 4) is 0 Å². The predicted molar refractivity (Wildman–Crippen MR) is 69.8 cm³/mol. The van der Waals surface area contributed by atoms with Crippen LogP contribution >= 0.6 is 23.1 Å². The van der Waals surface area contributed by atoms with Crippen LogP contribution in [0.3, 0.4) is 0 Å². The van der Waals surface area contributed by atoms with Gasteiger partial charge in [-0.2, -0.15) is 0 Å². The van der Waals surface area contributed by atoms with Crippen LogP contribution < -0.4 is 5.14 Å². The summed E-state index contributed by atoms with van der Waals surface area (Å²) in [4.78, 5) is 11.0. The maximum Gasteiger partial charge on any atom is 0.247 e. The number of sulfonamides is 1. The molecule has 1 heterocycles. The van der Waals surface area contributed by atoms with E-state index in [1.807, 2.05) is 0 Å². The van der Waals surface area contributed by atoms with Crippen LogP contribution in [0.2, 0.25) is 0 Å². The van der Waals surface area contributed by atoms with Gasteiger partial charge in [0.05, 0.1) is 6.10 Å². The van der Waals surface area contributed by atoms with Crippen LogP contribution in [0.15, 0.2) is 16.3 Å². The van der Waals surface area contributed by atoms with Gasteiger partial charge in [-0.3, -0.25) is 4.79 Å². The lowest BCUT2D eigenvalue weighted by Gasteiger charge is -2.15. The van der Waals surface area contributed by atoms with Crippen molar-refractivity contribution < 1.29 is 23.4 Å². The standard InChI is InChI=1S/C9H13NO5S3/c1-5(11)16-4-6(12)9(13)7-2-3-8(17-7)18(10,14)15/h2-3,6,9,12-13H,4H2,1H3,(H2,10,14,15). The number of carbonyl (C=O) groups is 1. The number of aliphatic hydroxyl groups is 2. The van der Waals surface area contributed by atoms with Gasteiger partial charge in [0.15, 0.2) is 5.12 Å². The van der Waals surface area contributed by atoms with Crippen molar-refractivity contribution in [2.45, 2.75) is 23.3 Å². The third kappa shape index (κ3) is 4.34. The van der Waals surface area contributed by atoms with Crippen LogP contribution in [0.4, 0.5) is 0 Å². The Morgan fingerprint density at radius 1 is 1.50 bits per heavy atom. The second-order valence-electron chi connectivity index (χ2n) is 3.52. The van der Waals surface area contributed by atoms with E-state index in [2.05, 4.69) is 0 Å². The molecule has 1 aromatic rings. The molecule has 0 radical (unpaired) electrons. The van der Waals surface area contributed by atoms with E-state index in [0.29, 0.717) is 0 Å². The molecule has 2 atom stereocenters. The third-order valence-corrected chi connectivity index (χ3v) is 5.50. The van der Waals surface area contributed by atoms with Gasteiger partial charge in [-0.25, -0.2) is 13.6 Å². The van der Waals surface area contributed by atoms with Crippen molar-refractivity contribution in [3.63, 3.8) is 0 Å². The first kappa shape index (κ1) is 15.6. The zero-order valence-corrected chi connectivity index (χ0v) is 11.9. The molecule has 0 saturated carbocycles. The van der Waals surface area contributed by atoms with E-state index in [-0.39, 0.29) is 20.0 Å². The number of thioether (sulfide) groups is 1. The predicted octanol–water partition coefficient (Wildman–Crippen LogP) is 0.0695. The van der Waals surface area contributed by atoms with Gasteiger partial charge >= 0.3 is 0 Å². The molecule has 1 rings (SSSR count). The minimum Gasteiger partial charge on any atom is -0.389 e. The van der Waals surface area contributed by atoms with Crippen LogP contribution in [-0.2, 0) is 14.8 Å². The van der Waals surface area contributed by atoms with Crippen molar-refractivity contribution in [2.75, 3.05) is 5.75 Å². The zero-order valence-electron chi connectivity index (χ0n) is 9.44. The Morgan fingerprint density at radius 2 is 2.11 bits per heavy atom. The SMILES string of the molecule is CC(=O)SCC(O)C(O)c1ccc(S(N)(=O)=O)s1. The first-order valence-electron chi connectivity index (χ1n) is 4.84. The van der Waals surface area contributed by atoms with Crippen molar-refractivity contribution in [2.24, 2.45) is 5.14 Å². The number of hydrogen-bond acceptors (Lipinski definition) is 7. The van der Waals surface area contributed by atoms with Crippen molar-refractivity contribution in [1.82, 2.24) is 0 Å². The first-order valence-corrected chi connectivity index (χ1v) is 8.18. The number of primary sulfonamides is 1. The summed E-state index contributed by atoms with van der Waals surface area (Å²) >= 11 is 1.68. The fourth-order valence-corrected chi connectivity index (χ4v) is 3.51. The van der Waals surface area contributed by atoms with Crippen molar-refractivity contribution in [1.29, 1.82) is 0 Å². The Hall–Kier alpha value is -0.450. The molecule has 6 nitrogen and oxygen atoms in total. The van der Waals surface area contributed by atoms with Gasteiger partial charge in [0, 0.05) is 17.6 Å². The molecule has 4 N–H and O–H groups in total. The van der Waals surface area contributed by atoms with E-state index in [4.69, 9.17) is 5.14 Å². The third-order valence-electron chi connectivity index (χ3n) is 2.00. The average molecular weight is 311 g/mol. The highest BCUT2D eigenvalue weighted by atomic mass is 32.2. The molecule has 18 heavy (non-hydrogen) atoms. The highest BCUT2D eigenvalue weighted by Gasteiger charge is 2.22. The number of carbonyl (C=O) groups excluding carboxylic acids is 1. The second kappa shape index (κ2) is 6.13. The molecule has 0 aliphatic rings. The Balaban J connectivity index is 2.75. The lowest BCUT2D eigenvalue weighted by atomic mass is 10.2. The van der Waals surface area contributed by atoms with E-state index >= 15 is 0 Å². The fraction of sp³-hybridized carbons (Fsp3) is 0.444. The summed E-state index contributed by atoms with van der Waals surface area (Å²) in [6.45, 7) is 1.36. The first-order chi connectivity index (χ1) is 8.21. The van der Waals surface area contributed by atoms with Gasteiger partial charge in [-0.05, 0) is 12.1 Å². The summed E-state index contributed by atoms with van der Waals surface area (Å²) in [5.41, 5.74) is 0. The molecule has 0 amide bonds. The van der Waals surface area contributed by atoms with Gasteiger partial charge in [0.2, 0.25) is 10.0 Å². The number of nitrogens with two attached hydrogens (primary N) is 1. The molecular weight excluding hydrogens is 298 g/mol. The zero-order chi connectivity index (χ0) is 13.9. The van der Waals surface area contributed by atoms with Crippen LogP contribution in [0.1, 0.15) is 17.9 Å². The summed E-state index contributed by atoms with van der Waals surface area (Å²) in [5.74, 6) is 0.0408. The number of rotatable bonds is 5. The molecule has 0 aliphatic heterocycles. The van der Waals surface area contributed by atoms with E-state index in [1.165, 1.54) is 19.1 Å². The Labute approximate surface area is 113 Å². The molecular formula is C9H13NO5S3. The summed E-state index contributed by atoms with van der Waals surface area (Å²) in [6, 6.07) is 2.65. The number of thiophene rings is 1. The molecule has 1 aromatic heterocycles. The molecule has 102 valence electrons. The molecule has 0 aliphatic carbocycles. The Kier molecular flexibility index (Phi) is 5.32. The van der Waals surface area contributed by atoms with E-state index in [0.717, 1.165) is 23.1 Å². The molecule has 0 spiro atoms. The highest BCUT2D eigenvalue weighted by Crippen LogP contribution is 2.28. The minimum atomic E-state index is -3.80. The highest BCUT2D eigenvalue weighted by molar-refractivity contribution is 8.13. The van der Waals surface area contributed by atoms with Crippen LogP contribution in [-0.4, -0.2) is 35.6 Å². The van der Waals surface area contributed by atoms with E-state index in [9.17, 15) is 23.4 Å². The van der Waals surface area contributed by atoms with E-state index < -0.39 is 22.2 Å². The van der Waals surface area contributed by atoms with Crippen LogP contribution in [0.25, 0.3) is 0 Å². The maximum absolute atomic E-state index is 11.0. The minimum absolute atomic E-state index is 0.0408. The average Bonchev–Trinajstić information content (AvgIpc) is 2.73. The Morgan fingerprint density at radius 3 is 2.56 bits per heavy atom. The monoisotopic (exact) mass is 311 g/mol. The molecule has 0 fully saturated rings. The van der Waals surface area contributed by atoms with Crippen molar-refractivity contribution >= 4 is 38.2 Å². The largest absolute Gasteiger partial charge is 0.389 e. The van der Waals surface area contributed by atoms with Crippen LogP contribution in [0, 0.1) is 0 Å². The summed E-state index contributed by atoms with van der Waals surface area (Å²) < 4.78 is 22.0. The molecule has 9 heteroatoms. The van der Waals surface area contributed by atoms with Gasteiger partial charge in [0.25, 0.3) is 0 Å². The fourth-order valence-electron chi connectivity index (χ4n) is 1.13. The summed E-state index contributed by atoms with van der Waals surface area (Å²) in [7, 11) is -3.80. The van der Waals surface area contributed by atoms with Gasteiger partial charge in [-0.15, -0.1) is 11.3 Å². The molecule has 0 saturated heterocycles. The second-order valence-corrected chi connectivity index (χ2v) is 7.62. The van der Waals surface area contributed by atoms with Crippen molar-refractivity contribution in [3.05, 3.63) is 17.0 Å². The smallest absolute Gasteiger partial charge is 0.247 e. The van der Waals surface area contributed by atoms with Gasteiger partial charge in [0.1, 0.15) is 10.3 Å². The van der Waals surface area contributed by atoms with Gasteiger partial charge < -0.3 is 10.2 Å². The van der Waals surface area contributed by atoms with E-state index in [1.54, 1.807) is 0 Å². The number of hydrogen-bond donors (Lipinski definition) is 3. The lowest BCUT2D eigenvalue weighted by Crippen LogP contribution is -2.20. The normalized spacial score (nSPS) is 15.3. The molecule has 2 unspecified atom stereocenters. The molecule has 0 aromatic carbocycles. The summed E-state index contributed by atoms with van der Waals surface area (Å²) in [5, 5.41) is 24.2. The Bertz CT molecular complexity index is 524. The lowest BCUT2D eigenvalue weighted by molar-refractivity contribution is -0.109. The number of aliphatic hydroxyl groups excluding tert-OH is 2. The van der Waals surface area contributed by atoms with Crippen LogP contribution in [0.5, 0.6) is 0 Å². The summed E-state index contributed by atoms with van der Waals surface area (Å²) in [6.07, 6.45) is -2.39. The maximum atomic E-state index is 11.0. The van der Waals surface area contributed by atoms with Gasteiger partial charge in [-0.1, -0.05) is 11.8 Å². The topological polar surface area (TPSA) is 118 Å².